The minimum absolute atomic E-state index is 0. The fourth-order valence-corrected chi connectivity index (χ4v) is 2.74. The molecule has 0 aliphatic carbocycles. The largest absolute Gasteiger partial charge is 0.361 e. The summed E-state index contributed by atoms with van der Waals surface area (Å²) in [5, 5.41) is 16.9. The number of carbonyl (C=O) groups excluding carboxylic acids is 1. The van der Waals surface area contributed by atoms with Crippen LogP contribution in [0.25, 0.3) is 0 Å². The zero-order valence-electron chi connectivity index (χ0n) is 16.7. The second-order valence-electron chi connectivity index (χ2n) is 6.87. The number of aliphatic imine (C=N–C) groups is 1. The van der Waals surface area contributed by atoms with E-state index in [1.165, 1.54) is 11.8 Å². The molecule has 1 unspecified atom stereocenters. The highest BCUT2D eigenvalue weighted by atomic mass is 32.2. The Labute approximate surface area is 179 Å². The lowest BCUT2D eigenvalue weighted by Gasteiger charge is -2.07. The Morgan fingerprint density at radius 1 is 1.07 bits per heavy atom. The lowest BCUT2D eigenvalue weighted by Crippen LogP contribution is -2.25. The predicted octanol–water partition coefficient (Wildman–Crippen LogP) is 3.99. The molecule has 3 N–H and O–H groups in total. The SMILES string of the molecule is C.C.C=C1N=C(C(C)C)NO1.C=C1NC(=O)C(C(C)C)S1.CC(C)c1nn[nH]n1. The van der Waals surface area contributed by atoms with Crippen molar-refractivity contribution in [3.8, 4) is 0 Å². The van der Waals surface area contributed by atoms with Gasteiger partial charge < -0.3 is 10.2 Å². The third kappa shape index (κ3) is 10.1. The minimum atomic E-state index is 0. The lowest BCUT2D eigenvalue weighted by molar-refractivity contribution is -0.119. The number of nitrogens with one attached hydrogen (secondary N) is 3. The van der Waals surface area contributed by atoms with E-state index < -0.39 is 0 Å². The summed E-state index contributed by atoms with van der Waals surface area (Å²) in [4.78, 5) is 19.8. The molecular weight excluding hydrogens is 390 g/mol. The number of rotatable bonds is 3. The molecule has 29 heavy (non-hydrogen) atoms. The van der Waals surface area contributed by atoms with Crippen LogP contribution in [-0.4, -0.2) is 37.6 Å². The Hall–Kier alpha value is -2.36. The highest BCUT2D eigenvalue weighted by molar-refractivity contribution is 8.04. The first kappa shape index (κ1) is 28.8. The standard InChI is InChI=1S/C7H11NOS.C6H10N2O.C4H8N4.2CH4/c1-4(2)6-7(9)8-5(3)10-6;1-4(2)6-7-5(3)9-8-6;1-3(2)4-5-7-8-6-4;;/h4,6H,3H2,1-2H3,(H,8,9);4H,3H2,1-2H3,(H,7,8);3H,1-2H3,(H,5,6,7,8);2*1H4. The smallest absolute Gasteiger partial charge is 0.240 e. The number of H-pyrrole nitrogens is 1. The second-order valence-corrected chi connectivity index (χ2v) is 8.11. The normalized spacial score (nSPS) is 17.1. The summed E-state index contributed by atoms with van der Waals surface area (Å²) >= 11 is 1.53. The highest BCUT2D eigenvalue weighted by Gasteiger charge is 2.30. The summed E-state index contributed by atoms with van der Waals surface area (Å²) in [5.74, 6) is 3.30. The number of hydrogen-bond acceptors (Lipinski definition) is 8. The molecule has 0 saturated carbocycles. The summed E-state index contributed by atoms with van der Waals surface area (Å²) in [6, 6.07) is 0. The molecule has 3 heterocycles. The summed E-state index contributed by atoms with van der Waals surface area (Å²) < 4.78 is 0. The van der Waals surface area contributed by atoms with Gasteiger partial charge in [-0.1, -0.05) is 79.9 Å². The van der Waals surface area contributed by atoms with Crippen LogP contribution in [0.5, 0.6) is 0 Å². The van der Waals surface area contributed by atoms with E-state index in [2.05, 4.69) is 49.6 Å². The monoisotopic (exact) mass is 427 g/mol. The molecule has 0 radical (unpaired) electrons. The van der Waals surface area contributed by atoms with Gasteiger partial charge in [0.2, 0.25) is 11.8 Å². The molecule has 1 amide bonds. The molecule has 1 atom stereocenters. The van der Waals surface area contributed by atoms with Gasteiger partial charge in [0.05, 0.1) is 10.3 Å². The van der Waals surface area contributed by atoms with Crippen LogP contribution in [0, 0.1) is 11.8 Å². The number of amides is 1. The van der Waals surface area contributed by atoms with Crippen LogP contribution in [0.15, 0.2) is 29.1 Å². The van der Waals surface area contributed by atoms with Crippen molar-refractivity contribution in [2.75, 3.05) is 0 Å². The third-order valence-electron chi connectivity index (χ3n) is 3.34. The van der Waals surface area contributed by atoms with Gasteiger partial charge in [0.1, 0.15) is 5.84 Å². The molecule has 1 saturated heterocycles. The van der Waals surface area contributed by atoms with Crippen molar-refractivity contribution in [3.63, 3.8) is 0 Å². The van der Waals surface area contributed by atoms with Crippen molar-refractivity contribution in [1.29, 1.82) is 0 Å². The maximum Gasteiger partial charge on any atom is 0.240 e. The molecule has 0 spiro atoms. The van der Waals surface area contributed by atoms with Gasteiger partial charge in [-0.15, -0.1) is 10.2 Å². The number of nitrogens with zero attached hydrogens (tertiary/aromatic N) is 4. The van der Waals surface area contributed by atoms with Crippen LogP contribution in [0.4, 0.5) is 0 Å². The number of aromatic amines is 1. The van der Waals surface area contributed by atoms with Gasteiger partial charge in [-0.25, -0.2) is 5.48 Å². The lowest BCUT2D eigenvalue weighted by atomic mass is 10.1. The molecule has 1 aromatic heterocycles. The molecule has 1 aromatic rings. The van der Waals surface area contributed by atoms with E-state index in [9.17, 15) is 4.79 Å². The third-order valence-corrected chi connectivity index (χ3v) is 4.74. The van der Waals surface area contributed by atoms with Gasteiger partial charge in [-0.2, -0.15) is 10.2 Å². The van der Waals surface area contributed by atoms with Crippen molar-refractivity contribution in [1.82, 2.24) is 31.4 Å². The summed E-state index contributed by atoms with van der Waals surface area (Å²) in [6.45, 7) is 19.4. The number of hydrogen-bond donors (Lipinski definition) is 3. The summed E-state index contributed by atoms with van der Waals surface area (Å²) in [7, 11) is 0. The number of aromatic nitrogens is 4. The summed E-state index contributed by atoms with van der Waals surface area (Å²) in [6.07, 6.45) is 0. The van der Waals surface area contributed by atoms with Crippen LogP contribution < -0.4 is 10.8 Å². The zero-order valence-corrected chi connectivity index (χ0v) is 17.6. The fourth-order valence-electron chi connectivity index (χ4n) is 1.84. The Morgan fingerprint density at radius 3 is 1.90 bits per heavy atom. The van der Waals surface area contributed by atoms with Gasteiger partial charge in [-0.05, 0) is 12.5 Å². The van der Waals surface area contributed by atoms with Crippen molar-refractivity contribution >= 4 is 23.5 Å². The number of amidine groups is 1. The van der Waals surface area contributed by atoms with Crippen LogP contribution in [0.3, 0.4) is 0 Å². The average molecular weight is 428 g/mol. The Kier molecular flexibility index (Phi) is 13.7. The van der Waals surface area contributed by atoms with Crippen molar-refractivity contribution < 1.29 is 9.63 Å². The molecule has 0 aromatic carbocycles. The number of thioether (sulfide) groups is 1. The first-order valence-electron chi connectivity index (χ1n) is 8.71. The molecule has 2 aliphatic heterocycles. The molecule has 166 valence electrons. The quantitative estimate of drug-likeness (QED) is 0.667. The number of carbonyl (C=O) groups is 1. The molecule has 1 fully saturated rings. The van der Waals surface area contributed by atoms with E-state index in [4.69, 9.17) is 4.84 Å². The zero-order chi connectivity index (χ0) is 20.6. The van der Waals surface area contributed by atoms with E-state index in [0.717, 1.165) is 16.7 Å². The molecule has 10 heteroatoms. The second kappa shape index (κ2) is 13.8. The van der Waals surface area contributed by atoms with Crippen LogP contribution in [0.1, 0.15) is 68.1 Å². The van der Waals surface area contributed by atoms with E-state index >= 15 is 0 Å². The predicted molar refractivity (Wildman–Crippen MR) is 121 cm³/mol. The molecule has 9 nitrogen and oxygen atoms in total. The fraction of sp³-hybridized carbons (Fsp3) is 0.632. The van der Waals surface area contributed by atoms with Crippen molar-refractivity contribution in [2.45, 2.75) is 67.6 Å². The first-order valence-corrected chi connectivity index (χ1v) is 9.59. The van der Waals surface area contributed by atoms with E-state index in [0.29, 0.717) is 23.6 Å². The van der Waals surface area contributed by atoms with E-state index in [1.807, 2.05) is 41.5 Å². The number of hydroxylamine groups is 1. The average Bonchev–Trinajstić information content (AvgIpc) is 3.29. The highest BCUT2D eigenvalue weighted by Crippen LogP contribution is 2.30. The van der Waals surface area contributed by atoms with E-state index in [-0.39, 0.29) is 26.0 Å². The van der Waals surface area contributed by atoms with Gasteiger partial charge >= 0.3 is 0 Å². The van der Waals surface area contributed by atoms with Gasteiger partial charge in [-0.3, -0.25) is 4.79 Å². The Bertz CT molecular complexity index is 670. The molecule has 3 rings (SSSR count). The molecular formula is C19H37N7O2S. The van der Waals surface area contributed by atoms with Crippen LogP contribution in [-0.2, 0) is 9.63 Å². The minimum Gasteiger partial charge on any atom is -0.361 e. The van der Waals surface area contributed by atoms with Crippen molar-refractivity contribution in [2.24, 2.45) is 16.8 Å². The maximum absolute atomic E-state index is 11.0. The van der Waals surface area contributed by atoms with Gasteiger partial charge in [0, 0.05) is 11.8 Å². The Balaban J connectivity index is 0. The topological polar surface area (TPSA) is 117 Å². The Morgan fingerprint density at radius 2 is 1.69 bits per heavy atom. The molecule has 2 aliphatic rings. The van der Waals surface area contributed by atoms with E-state index in [1.54, 1.807) is 0 Å². The first-order chi connectivity index (χ1) is 12.6. The van der Waals surface area contributed by atoms with Crippen LogP contribution >= 0.6 is 11.8 Å². The van der Waals surface area contributed by atoms with Gasteiger partial charge in [0.15, 0.2) is 5.82 Å². The molecule has 0 bridgehead atoms. The van der Waals surface area contributed by atoms with Crippen molar-refractivity contribution in [3.05, 3.63) is 29.9 Å². The van der Waals surface area contributed by atoms with Crippen LogP contribution in [0.2, 0.25) is 0 Å². The maximum atomic E-state index is 11.0. The summed E-state index contributed by atoms with van der Waals surface area (Å²) in [5.41, 5.74) is 2.66. The number of tetrazole rings is 1. The van der Waals surface area contributed by atoms with Gasteiger partial charge in [0.25, 0.3) is 0 Å².